The van der Waals surface area contributed by atoms with Gasteiger partial charge in [-0.2, -0.15) is 5.10 Å². The lowest BCUT2D eigenvalue weighted by Crippen LogP contribution is -2.15. The lowest BCUT2D eigenvalue weighted by atomic mass is 9.88. The minimum atomic E-state index is -0.359. The molecule has 6 aromatic rings. The number of rotatable bonds is 3. The van der Waals surface area contributed by atoms with Crippen LogP contribution in [-0.2, 0) is 0 Å². The van der Waals surface area contributed by atoms with Crippen LogP contribution >= 0.6 is 0 Å². The van der Waals surface area contributed by atoms with E-state index >= 15 is 0 Å². The Morgan fingerprint density at radius 3 is 2.51 bits per heavy atom. The molecule has 0 N–H and O–H groups in total. The van der Waals surface area contributed by atoms with Gasteiger partial charge in [0.25, 0.3) is 0 Å². The van der Waals surface area contributed by atoms with E-state index in [1.807, 2.05) is 49.4 Å². The van der Waals surface area contributed by atoms with Crippen molar-refractivity contribution >= 4 is 5.65 Å². The molecular formula is C26H17FN6O2. The van der Waals surface area contributed by atoms with Gasteiger partial charge in [-0.05, 0) is 55.5 Å². The quantitative estimate of drug-likeness (QED) is 0.353. The molecule has 0 unspecified atom stereocenters. The predicted octanol–water partition coefficient (Wildman–Crippen LogP) is 5.30. The number of furan rings is 1. The van der Waals surface area contributed by atoms with Crippen molar-refractivity contribution in [2.45, 2.75) is 12.8 Å². The van der Waals surface area contributed by atoms with Crippen molar-refractivity contribution < 1.29 is 13.5 Å². The van der Waals surface area contributed by atoms with E-state index in [1.165, 1.54) is 12.1 Å². The van der Waals surface area contributed by atoms with E-state index in [9.17, 15) is 4.39 Å². The fourth-order valence-electron chi connectivity index (χ4n) is 4.58. The Morgan fingerprint density at radius 2 is 1.74 bits per heavy atom. The number of halogens is 1. The zero-order valence-corrected chi connectivity index (χ0v) is 18.5. The second-order valence-corrected chi connectivity index (χ2v) is 8.28. The average molecular weight is 464 g/mol. The summed E-state index contributed by atoms with van der Waals surface area (Å²) in [7, 11) is 0. The van der Waals surface area contributed by atoms with Crippen LogP contribution in [0.15, 0.2) is 83.7 Å². The number of ether oxygens (including phenoxy) is 1. The van der Waals surface area contributed by atoms with E-state index in [1.54, 1.807) is 33.9 Å². The van der Waals surface area contributed by atoms with Gasteiger partial charge in [-0.15, -0.1) is 5.10 Å². The fraction of sp³-hybridized carbons (Fsp3) is 0.0769. The monoisotopic (exact) mass is 464 g/mol. The molecule has 0 radical (unpaired) electrons. The zero-order valence-electron chi connectivity index (χ0n) is 18.5. The minimum Gasteiger partial charge on any atom is -0.468 e. The summed E-state index contributed by atoms with van der Waals surface area (Å²) < 4.78 is 29.1. The maximum Gasteiger partial charge on any atom is 0.230 e. The van der Waals surface area contributed by atoms with E-state index in [4.69, 9.17) is 19.2 Å². The van der Waals surface area contributed by atoms with Crippen molar-refractivity contribution in [3.05, 3.63) is 108 Å². The number of aryl methyl sites for hydroxylation is 1. The molecule has 7 rings (SSSR count). The van der Waals surface area contributed by atoms with E-state index in [2.05, 4.69) is 10.1 Å². The molecule has 2 aromatic carbocycles. The Labute approximate surface area is 198 Å². The Bertz CT molecular complexity index is 1690. The summed E-state index contributed by atoms with van der Waals surface area (Å²) in [6.07, 6.45) is 3.21. The van der Waals surface area contributed by atoms with Gasteiger partial charge in [0, 0.05) is 5.56 Å². The number of aromatic nitrogens is 6. The highest BCUT2D eigenvalue weighted by Crippen LogP contribution is 2.49. The van der Waals surface area contributed by atoms with Crippen molar-refractivity contribution in [3.8, 4) is 28.8 Å². The molecule has 0 saturated heterocycles. The smallest absolute Gasteiger partial charge is 0.230 e. The summed E-state index contributed by atoms with van der Waals surface area (Å²) in [5, 5.41) is 9.37. The molecule has 9 heteroatoms. The molecule has 8 nitrogen and oxygen atoms in total. The Balaban J connectivity index is 1.47. The summed E-state index contributed by atoms with van der Waals surface area (Å²) in [5.41, 5.74) is 4.55. The lowest BCUT2D eigenvalue weighted by molar-refractivity contribution is 0.392. The Morgan fingerprint density at radius 1 is 0.914 bits per heavy atom. The summed E-state index contributed by atoms with van der Waals surface area (Å²) >= 11 is 0. The van der Waals surface area contributed by atoms with Gasteiger partial charge in [-0.3, -0.25) is 0 Å². The van der Waals surface area contributed by atoms with Gasteiger partial charge < -0.3 is 9.15 Å². The van der Waals surface area contributed by atoms with Crippen molar-refractivity contribution in [3.63, 3.8) is 0 Å². The third kappa shape index (κ3) is 2.98. The highest BCUT2D eigenvalue weighted by Gasteiger charge is 2.39. The maximum atomic E-state index is 13.5. The molecule has 35 heavy (non-hydrogen) atoms. The van der Waals surface area contributed by atoms with Crippen LogP contribution in [0.4, 0.5) is 4.39 Å². The second kappa shape index (κ2) is 7.36. The number of hydrogen-bond donors (Lipinski definition) is 0. The lowest BCUT2D eigenvalue weighted by Gasteiger charge is -2.24. The summed E-state index contributed by atoms with van der Waals surface area (Å²) in [4.78, 5) is 9.36. The number of hydrogen-bond acceptors (Lipinski definition) is 6. The molecule has 4 aromatic heterocycles. The SMILES string of the molecule is Cc1nn(-c2ccccc2)c2c1[C@H](c1ccco1)c1c(ncn3nc(-c4ccc(F)cc4)nc13)O2. The van der Waals surface area contributed by atoms with Gasteiger partial charge in [0.15, 0.2) is 11.5 Å². The van der Waals surface area contributed by atoms with E-state index in [0.29, 0.717) is 34.6 Å². The van der Waals surface area contributed by atoms with Crippen LogP contribution in [0.25, 0.3) is 22.7 Å². The van der Waals surface area contributed by atoms with Gasteiger partial charge in [-0.25, -0.2) is 23.6 Å². The van der Waals surface area contributed by atoms with Crippen LogP contribution in [0.2, 0.25) is 0 Å². The first-order chi connectivity index (χ1) is 17.2. The van der Waals surface area contributed by atoms with Crippen molar-refractivity contribution in [2.24, 2.45) is 0 Å². The normalized spacial score (nSPS) is 14.5. The van der Waals surface area contributed by atoms with Gasteiger partial charge >= 0.3 is 0 Å². The molecule has 1 atom stereocenters. The molecule has 0 amide bonds. The molecule has 0 bridgehead atoms. The topological polar surface area (TPSA) is 83.3 Å². The van der Waals surface area contributed by atoms with Gasteiger partial charge in [0.1, 0.15) is 17.9 Å². The van der Waals surface area contributed by atoms with Crippen LogP contribution in [0, 0.1) is 12.7 Å². The highest BCUT2D eigenvalue weighted by molar-refractivity contribution is 5.68. The first-order valence-corrected chi connectivity index (χ1v) is 11.0. The highest BCUT2D eigenvalue weighted by atomic mass is 19.1. The minimum absolute atomic E-state index is 0.318. The number of para-hydroxylation sites is 1. The van der Waals surface area contributed by atoms with E-state index in [-0.39, 0.29) is 11.7 Å². The van der Waals surface area contributed by atoms with Crippen LogP contribution in [-0.4, -0.2) is 29.4 Å². The average Bonchev–Trinajstić information content (AvgIpc) is 3.63. The number of fused-ring (bicyclic) bond motifs is 4. The van der Waals surface area contributed by atoms with E-state index < -0.39 is 0 Å². The van der Waals surface area contributed by atoms with Crippen LogP contribution in [0.1, 0.15) is 28.5 Å². The standard InChI is InChI=1S/C26H17FN6O2/c1-15-20-21(19-8-5-13-34-19)22-24-29-23(16-9-11-17(27)12-10-16)31-32(24)14-28-25(22)35-26(20)33(30-15)18-6-3-2-4-7-18/h2-14,21H,1H3/t21-/m0/s1. The molecule has 0 spiro atoms. The predicted molar refractivity (Wildman–Crippen MR) is 124 cm³/mol. The van der Waals surface area contributed by atoms with Crippen LogP contribution in [0.3, 0.4) is 0 Å². The van der Waals surface area contributed by atoms with Gasteiger partial charge in [0.2, 0.25) is 11.8 Å². The third-order valence-electron chi connectivity index (χ3n) is 6.15. The molecular weight excluding hydrogens is 447 g/mol. The molecule has 0 aliphatic carbocycles. The Kier molecular flexibility index (Phi) is 4.13. The maximum absolute atomic E-state index is 13.5. The zero-order chi connectivity index (χ0) is 23.5. The molecule has 0 fully saturated rings. The second-order valence-electron chi connectivity index (χ2n) is 8.28. The largest absolute Gasteiger partial charge is 0.468 e. The number of benzene rings is 2. The van der Waals surface area contributed by atoms with Gasteiger partial charge in [-0.1, -0.05) is 18.2 Å². The van der Waals surface area contributed by atoms with Crippen LogP contribution in [0.5, 0.6) is 11.8 Å². The van der Waals surface area contributed by atoms with Crippen molar-refractivity contribution in [2.75, 3.05) is 0 Å². The van der Waals surface area contributed by atoms with Gasteiger partial charge in [0.05, 0.1) is 34.7 Å². The number of nitrogens with zero attached hydrogens (tertiary/aromatic N) is 6. The molecule has 170 valence electrons. The fourth-order valence-corrected chi connectivity index (χ4v) is 4.58. The van der Waals surface area contributed by atoms with Crippen molar-refractivity contribution in [1.82, 2.24) is 29.4 Å². The first kappa shape index (κ1) is 19.7. The van der Waals surface area contributed by atoms with Crippen LogP contribution < -0.4 is 4.74 Å². The molecule has 0 saturated carbocycles. The summed E-state index contributed by atoms with van der Waals surface area (Å²) in [6, 6.07) is 19.6. The molecule has 1 aliphatic heterocycles. The first-order valence-electron chi connectivity index (χ1n) is 11.0. The molecule has 5 heterocycles. The summed E-state index contributed by atoms with van der Waals surface area (Å²) in [5.74, 6) is 1.48. The Hall–Kier alpha value is -4.79. The summed E-state index contributed by atoms with van der Waals surface area (Å²) in [6.45, 7) is 1.95. The molecule has 1 aliphatic rings. The van der Waals surface area contributed by atoms with Crippen molar-refractivity contribution in [1.29, 1.82) is 0 Å². The third-order valence-corrected chi connectivity index (χ3v) is 6.15. The van der Waals surface area contributed by atoms with E-state index in [0.717, 1.165) is 22.5 Å².